The molecule has 0 aromatic heterocycles. The number of hydroxylamine groups is 2. The van der Waals surface area contributed by atoms with Crippen LogP contribution in [0.2, 0.25) is 0 Å². The molecule has 4 heteroatoms. The number of hydrogen-bond donors (Lipinski definition) is 0. The van der Waals surface area contributed by atoms with Gasteiger partial charge in [-0.1, -0.05) is 0 Å². The summed E-state index contributed by atoms with van der Waals surface area (Å²) in [6.07, 6.45) is 2.02. The molecular formula is C11H22N2O2. The minimum Gasteiger partial charge on any atom is -0.287 e. The van der Waals surface area contributed by atoms with Crippen LogP contribution in [-0.4, -0.2) is 48.2 Å². The second kappa shape index (κ2) is 4.49. The number of likely N-dealkylation sites (tertiary alicyclic amines) is 1. The fourth-order valence-electron chi connectivity index (χ4n) is 2.13. The van der Waals surface area contributed by atoms with E-state index in [0.717, 1.165) is 19.4 Å². The zero-order valence-corrected chi connectivity index (χ0v) is 10.4. The van der Waals surface area contributed by atoms with Crippen LogP contribution in [0.4, 0.5) is 0 Å². The van der Waals surface area contributed by atoms with Crippen LogP contribution in [0.5, 0.6) is 0 Å². The normalized spacial score (nSPS) is 23.1. The quantitative estimate of drug-likeness (QED) is 0.649. The predicted octanol–water partition coefficient (Wildman–Crippen LogP) is 1.27. The summed E-state index contributed by atoms with van der Waals surface area (Å²) in [6, 6.07) is -0.0186. The van der Waals surface area contributed by atoms with Crippen molar-refractivity contribution in [3.8, 4) is 0 Å². The van der Waals surface area contributed by atoms with Crippen LogP contribution in [-0.2, 0) is 9.63 Å². The van der Waals surface area contributed by atoms with Gasteiger partial charge in [-0.3, -0.25) is 14.5 Å². The molecular weight excluding hydrogens is 192 g/mol. The van der Waals surface area contributed by atoms with Crippen LogP contribution in [0, 0.1) is 0 Å². The molecule has 4 nitrogen and oxygen atoms in total. The van der Waals surface area contributed by atoms with Crippen molar-refractivity contribution in [2.75, 3.05) is 20.7 Å². The molecule has 0 aromatic rings. The lowest BCUT2D eigenvalue weighted by Gasteiger charge is -2.37. The summed E-state index contributed by atoms with van der Waals surface area (Å²) in [4.78, 5) is 19.2. The second-order valence-electron chi connectivity index (χ2n) is 5.04. The number of amides is 1. The molecule has 0 radical (unpaired) electrons. The number of rotatable bonds is 2. The first kappa shape index (κ1) is 12.5. The summed E-state index contributed by atoms with van der Waals surface area (Å²) >= 11 is 0. The van der Waals surface area contributed by atoms with E-state index in [-0.39, 0.29) is 17.5 Å². The number of nitrogens with zero attached hydrogens (tertiary/aromatic N) is 2. The molecule has 0 aliphatic carbocycles. The Bertz CT molecular complexity index is 235. The highest BCUT2D eigenvalue weighted by Crippen LogP contribution is 2.27. The Labute approximate surface area is 92.1 Å². The number of carbonyl (C=O) groups excluding carboxylic acids is 1. The van der Waals surface area contributed by atoms with Crippen LogP contribution in [0.3, 0.4) is 0 Å². The highest BCUT2D eigenvalue weighted by Gasteiger charge is 2.38. The molecule has 1 saturated heterocycles. The van der Waals surface area contributed by atoms with E-state index in [1.54, 1.807) is 7.05 Å². The summed E-state index contributed by atoms with van der Waals surface area (Å²) in [7, 11) is 3.19. The predicted molar refractivity (Wildman–Crippen MR) is 59.3 cm³/mol. The molecule has 1 heterocycles. The monoisotopic (exact) mass is 214 g/mol. The molecule has 1 amide bonds. The Morgan fingerprint density at radius 1 is 1.47 bits per heavy atom. The fraction of sp³-hybridized carbons (Fsp3) is 0.909. The maximum absolute atomic E-state index is 12.0. The topological polar surface area (TPSA) is 32.8 Å². The van der Waals surface area contributed by atoms with Gasteiger partial charge in [0.2, 0.25) is 0 Å². The average Bonchev–Trinajstić information content (AvgIpc) is 2.63. The Kier molecular flexibility index (Phi) is 3.73. The zero-order valence-electron chi connectivity index (χ0n) is 10.4. The first-order valence-electron chi connectivity index (χ1n) is 5.46. The molecule has 0 spiro atoms. The van der Waals surface area contributed by atoms with Crippen LogP contribution < -0.4 is 0 Å². The Morgan fingerprint density at radius 2 is 2.07 bits per heavy atom. The van der Waals surface area contributed by atoms with Crippen molar-refractivity contribution in [2.45, 2.75) is 45.2 Å². The number of likely N-dealkylation sites (N-methyl/N-ethyl adjacent to an activating group) is 1. The van der Waals surface area contributed by atoms with Crippen molar-refractivity contribution in [3.05, 3.63) is 0 Å². The third-order valence-electron chi connectivity index (χ3n) is 2.98. The highest BCUT2D eigenvalue weighted by molar-refractivity contribution is 5.81. The van der Waals surface area contributed by atoms with E-state index in [0.29, 0.717) is 0 Å². The maximum Gasteiger partial charge on any atom is 0.263 e. The van der Waals surface area contributed by atoms with Gasteiger partial charge in [0.1, 0.15) is 0 Å². The molecule has 0 N–H and O–H groups in total. The zero-order chi connectivity index (χ0) is 11.6. The van der Waals surface area contributed by atoms with E-state index in [4.69, 9.17) is 4.84 Å². The first-order chi connectivity index (χ1) is 6.88. The van der Waals surface area contributed by atoms with E-state index in [2.05, 4.69) is 25.7 Å². The van der Waals surface area contributed by atoms with Crippen LogP contribution in [0.1, 0.15) is 33.6 Å². The number of hydrogen-bond acceptors (Lipinski definition) is 3. The third kappa shape index (κ3) is 2.69. The minimum absolute atomic E-state index is 0.0186. The Hall–Kier alpha value is -0.610. The van der Waals surface area contributed by atoms with Gasteiger partial charge >= 0.3 is 0 Å². The smallest absolute Gasteiger partial charge is 0.263 e. The lowest BCUT2D eigenvalue weighted by atomic mass is 10.0. The lowest BCUT2D eigenvalue weighted by molar-refractivity contribution is -0.175. The van der Waals surface area contributed by atoms with E-state index in [9.17, 15) is 4.79 Å². The molecule has 1 aliphatic rings. The van der Waals surface area contributed by atoms with Crippen LogP contribution in [0.25, 0.3) is 0 Å². The van der Waals surface area contributed by atoms with Gasteiger partial charge in [-0.25, -0.2) is 5.06 Å². The summed E-state index contributed by atoms with van der Waals surface area (Å²) < 4.78 is 0. The van der Waals surface area contributed by atoms with E-state index in [1.165, 1.54) is 12.2 Å². The summed E-state index contributed by atoms with van der Waals surface area (Å²) in [5.74, 6) is 0.0601. The Balaban J connectivity index is 2.73. The van der Waals surface area contributed by atoms with Gasteiger partial charge in [0, 0.05) is 12.6 Å². The van der Waals surface area contributed by atoms with E-state index in [1.807, 2.05) is 0 Å². The van der Waals surface area contributed by atoms with Gasteiger partial charge in [-0.2, -0.15) is 0 Å². The average molecular weight is 214 g/mol. The Morgan fingerprint density at radius 3 is 2.53 bits per heavy atom. The van der Waals surface area contributed by atoms with Crippen molar-refractivity contribution < 1.29 is 9.63 Å². The summed E-state index contributed by atoms with van der Waals surface area (Å²) in [5, 5.41) is 1.33. The largest absolute Gasteiger partial charge is 0.287 e. The number of carbonyl (C=O) groups is 1. The van der Waals surface area contributed by atoms with E-state index < -0.39 is 0 Å². The van der Waals surface area contributed by atoms with Crippen molar-refractivity contribution in [2.24, 2.45) is 0 Å². The molecule has 1 atom stereocenters. The maximum atomic E-state index is 12.0. The van der Waals surface area contributed by atoms with Gasteiger partial charge in [-0.15, -0.1) is 0 Å². The van der Waals surface area contributed by atoms with E-state index >= 15 is 0 Å². The second-order valence-corrected chi connectivity index (χ2v) is 5.04. The van der Waals surface area contributed by atoms with Gasteiger partial charge in [0.05, 0.1) is 13.2 Å². The molecule has 0 bridgehead atoms. The van der Waals surface area contributed by atoms with Crippen LogP contribution in [0.15, 0.2) is 0 Å². The third-order valence-corrected chi connectivity index (χ3v) is 2.98. The lowest BCUT2D eigenvalue weighted by Crippen LogP contribution is -2.51. The fourth-order valence-corrected chi connectivity index (χ4v) is 2.13. The van der Waals surface area contributed by atoms with Crippen molar-refractivity contribution in [1.82, 2.24) is 9.96 Å². The molecule has 1 fully saturated rings. The molecule has 0 saturated carbocycles. The summed E-state index contributed by atoms with van der Waals surface area (Å²) in [6.45, 7) is 7.43. The minimum atomic E-state index is -0.0186. The molecule has 0 aromatic carbocycles. The van der Waals surface area contributed by atoms with Gasteiger partial charge in [0.25, 0.3) is 5.91 Å². The van der Waals surface area contributed by atoms with Gasteiger partial charge in [0.15, 0.2) is 0 Å². The first-order valence-corrected chi connectivity index (χ1v) is 5.46. The standard InChI is InChI=1S/C11H22N2O2/c1-11(2,3)13-8-6-7-9(13)10(14)12(4)15-5/h9H,6-8H2,1-5H3. The molecule has 1 rings (SSSR count). The van der Waals surface area contributed by atoms with Crippen molar-refractivity contribution in [1.29, 1.82) is 0 Å². The van der Waals surface area contributed by atoms with Gasteiger partial charge < -0.3 is 0 Å². The molecule has 15 heavy (non-hydrogen) atoms. The van der Waals surface area contributed by atoms with Gasteiger partial charge in [-0.05, 0) is 40.2 Å². The van der Waals surface area contributed by atoms with Crippen LogP contribution >= 0.6 is 0 Å². The van der Waals surface area contributed by atoms with Crippen molar-refractivity contribution >= 4 is 5.91 Å². The SMILES string of the molecule is CON(C)C(=O)C1CCCN1C(C)(C)C. The molecule has 88 valence electrons. The highest BCUT2D eigenvalue weighted by atomic mass is 16.7. The molecule has 1 unspecified atom stereocenters. The van der Waals surface area contributed by atoms with Crippen molar-refractivity contribution in [3.63, 3.8) is 0 Å². The summed E-state index contributed by atoms with van der Waals surface area (Å²) in [5.41, 5.74) is 0.0470. The molecule has 1 aliphatic heterocycles.